The van der Waals surface area contributed by atoms with Gasteiger partial charge in [0.1, 0.15) is 0 Å². The molecule has 0 fully saturated rings. The van der Waals surface area contributed by atoms with Crippen molar-refractivity contribution in [3.8, 4) is 11.4 Å². The molecule has 2 nitrogen and oxygen atoms in total. The van der Waals surface area contributed by atoms with Crippen molar-refractivity contribution in [3.05, 3.63) is 146 Å². The highest BCUT2D eigenvalue weighted by Crippen LogP contribution is 2.51. The Morgan fingerprint density at radius 1 is 0.348 bits per heavy atom. The van der Waals surface area contributed by atoms with Crippen LogP contribution in [0, 0.1) is 0 Å². The van der Waals surface area contributed by atoms with Gasteiger partial charge in [-0.1, -0.05) is 91.0 Å². The van der Waals surface area contributed by atoms with Gasteiger partial charge in [0.05, 0.1) is 22.1 Å². The van der Waals surface area contributed by atoms with Gasteiger partial charge in [0, 0.05) is 73.3 Å². The molecule has 0 aliphatic carbocycles. The minimum absolute atomic E-state index is 1.18. The number of hydrogen-bond donors (Lipinski definition) is 0. The molecule has 0 bridgehead atoms. The Bertz CT molecular complexity index is 3020. The average Bonchev–Trinajstić information content (AvgIpc) is 3.85. The van der Waals surface area contributed by atoms with Crippen LogP contribution in [-0.4, -0.2) is 9.13 Å². The molecule has 11 aromatic rings. The number of aromatic nitrogens is 2. The predicted molar refractivity (Wildman–Crippen MR) is 201 cm³/mol. The highest BCUT2D eigenvalue weighted by molar-refractivity contribution is 7.27. The van der Waals surface area contributed by atoms with Gasteiger partial charge in [-0.25, -0.2) is 0 Å². The molecule has 4 heterocycles. The fraction of sp³-hybridized carbons (Fsp3) is 0. The topological polar surface area (TPSA) is 9.86 Å². The maximum atomic E-state index is 2.55. The lowest BCUT2D eigenvalue weighted by Crippen LogP contribution is -1.96. The smallest absolute Gasteiger partial charge is 0.0656 e. The van der Waals surface area contributed by atoms with Gasteiger partial charge >= 0.3 is 0 Å². The van der Waals surface area contributed by atoms with Crippen LogP contribution in [0.4, 0.5) is 0 Å². The minimum Gasteiger partial charge on any atom is -0.308 e. The van der Waals surface area contributed by atoms with E-state index in [1.54, 1.807) is 0 Å². The van der Waals surface area contributed by atoms with Gasteiger partial charge in [-0.2, -0.15) is 0 Å². The van der Waals surface area contributed by atoms with Crippen LogP contribution in [0.5, 0.6) is 0 Å². The van der Waals surface area contributed by atoms with Crippen molar-refractivity contribution in [1.82, 2.24) is 9.13 Å². The standard InChI is InChI=1S/C42H24N2S2/c1-2-12-25(13-3-1)43-33-19-9-5-16-29(33)38-40(43)37-28-15-4-8-18-32(28)44(41(37)39-30-17-7-11-21-35(30)46-42(38)39)26-22-23-36-31(24-26)27-14-6-10-20-34(27)45-36/h1-24H. The highest BCUT2D eigenvalue weighted by Gasteiger charge is 2.26. The van der Waals surface area contributed by atoms with E-state index in [4.69, 9.17) is 0 Å². The molecular weight excluding hydrogens is 597 g/mol. The largest absolute Gasteiger partial charge is 0.308 e. The number of para-hydroxylation sites is 3. The monoisotopic (exact) mass is 620 g/mol. The molecule has 0 spiro atoms. The molecule has 4 heteroatoms. The quantitative estimate of drug-likeness (QED) is 0.182. The van der Waals surface area contributed by atoms with Gasteiger partial charge in [-0.3, -0.25) is 0 Å². The van der Waals surface area contributed by atoms with E-state index in [2.05, 4.69) is 155 Å². The SMILES string of the molecule is c1ccc(-n2c3ccccc3c3c4sc5ccccc5c4c4c(c5ccccc5n4-c4ccc5sc6ccccc6c5c4)c32)cc1. The second-order valence-electron chi connectivity index (χ2n) is 12.1. The van der Waals surface area contributed by atoms with Gasteiger partial charge in [-0.15, -0.1) is 22.7 Å². The first-order valence-corrected chi connectivity index (χ1v) is 17.2. The fourth-order valence-electron chi connectivity index (χ4n) is 7.85. The van der Waals surface area contributed by atoms with Gasteiger partial charge < -0.3 is 9.13 Å². The molecule has 0 N–H and O–H groups in total. The third kappa shape index (κ3) is 3.15. The van der Waals surface area contributed by atoms with E-state index < -0.39 is 0 Å². The molecule has 214 valence electrons. The Balaban J connectivity index is 1.45. The zero-order valence-electron chi connectivity index (χ0n) is 24.6. The lowest BCUT2D eigenvalue weighted by molar-refractivity contribution is 1.18. The van der Waals surface area contributed by atoms with E-state index in [0.29, 0.717) is 0 Å². The molecule has 0 saturated carbocycles. The summed E-state index contributed by atoms with van der Waals surface area (Å²) < 4.78 is 10.4. The van der Waals surface area contributed by atoms with E-state index >= 15 is 0 Å². The van der Waals surface area contributed by atoms with E-state index in [0.717, 1.165) is 0 Å². The molecule has 0 aliphatic heterocycles. The van der Waals surface area contributed by atoms with Crippen molar-refractivity contribution in [1.29, 1.82) is 0 Å². The van der Waals surface area contributed by atoms with E-state index in [-0.39, 0.29) is 0 Å². The molecule has 0 atom stereocenters. The van der Waals surface area contributed by atoms with Crippen LogP contribution in [0.2, 0.25) is 0 Å². The highest BCUT2D eigenvalue weighted by atomic mass is 32.1. The average molecular weight is 621 g/mol. The number of rotatable bonds is 2. The Labute approximate surface area is 271 Å². The third-order valence-corrected chi connectivity index (χ3v) is 12.0. The lowest BCUT2D eigenvalue weighted by atomic mass is 10.0. The molecule has 11 rings (SSSR count). The van der Waals surface area contributed by atoms with E-state index in [9.17, 15) is 0 Å². The van der Waals surface area contributed by atoms with Gasteiger partial charge in [0.15, 0.2) is 0 Å². The number of benzene rings is 7. The summed E-state index contributed by atoms with van der Waals surface area (Å²) in [4.78, 5) is 0. The van der Waals surface area contributed by atoms with Crippen molar-refractivity contribution >= 4 is 107 Å². The molecule has 0 saturated heterocycles. The Morgan fingerprint density at radius 3 is 1.61 bits per heavy atom. The first-order valence-electron chi connectivity index (χ1n) is 15.6. The summed E-state index contributed by atoms with van der Waals surface area (Å²) in [6.45, 7) is 0. The first-order chi connectivity index (χ1) is 22.8. The molecule has 0 amide bonds. The van der Waals surface area contributed by atoms with Crippen LogP contribution in [0.15, 0.2) is 146 Å². The Morgan fingerprint density at radius 2 is 0.870 bits per heavy atom. The zero-order valence-corrected chi connectivity index (χ0v) is 26.2. The Kier molecular flexibility index (Phi) is 4.90. The summed E-state index contributed by atoms with van der Waals surface area (Å²) >= 11 is 3.80. The van der Waals surface area contributed by atoms with Gasteiger partial charge in [0.2, 0.25) is 0 Å². The maximum absolute atomic E-state index is 2.55. The van der Waals surface area contributed by atoms with Crippen LogP contribution in [0.25, 0.3) is 95.3 Å². The summed E-state index contributed by atoms with van der Waals surface area (Å²) in [6.07, 6.45) is 0. The number of thiophene rings is 2. The molecule has 0 radical (unpaired) electrons. The molecule has 46 heavy (non-hydrogen) atoms. The molecule has 7 aromatic carbocycles. The van der Waals surface area contributed by atoms with Crippen molar-refractivity contribution in [2.75, 3.05) is 0 Å². The van der Waals surface area contributed by atoms with Gasteiger partial charge in [-0.05, 0) is 54.6 Å². The summed E-state index contributed by atoms with van der Waals surface area (Å²) in [5.74, 6) is 0. The van der Waals surface area contributed by atoms with Crippen molar-refractivity contribution < 1.29 is 0 Å². The maximum Gasteiger partial charge on any atom is 0.0656 e. The lowest BCUT2D eigenvalue weighted by Gasteiger charge is -2.12. The van der Waals surface area contributed by atoms with Crippen molar-refractivity contribution in [2.45, 2.75) is 0 Å². The van der Waals surface area contributed by atoms with Crippen molar-refractivity contribution in [2.24, 2.45) is 0 Å². The first kappa shape index (κ1) is 24.8. The molecule has 0 unspecified atom stereocenters. The number of hydrogen-bond acceptors (Lipinski definition) is 2. The molecular formula is C42H24N2S2. The van der Waals surface area contributed by atoms with Gasteiger partial charge in [0.25, 0.3) is 0 Å². The van der Waals surface area contributed by atoms with Crippen LogP contribution >= 0.6 is 22.7 Å². The third-order valence-electron chi connectivity index (χ3n) is 9.68. The zero-order chi connectivity index (χ0) is 29.9. The van der Waals surface area contributed by atoms with Crippen LogP contribution in [-0.2, 0) is 0 Å². The summed E-state index contributed by atoms with van der Waals surface area (Å²) in [7, 11) is 0. The summed E-state index contributed by atoms with van der Waals surface area (Å²) in [5, 5.41) is 10.5. The second-order valence-corrected chi connectivity index (χ2v) is 14.2. The van der Waals surface area contributed by atoms with E-state index in [1.807, 2.05) is 22.7 Å². The van der Waals surface area contributed by atoms with Crippen LogP contribution in [0.1, 0.15) is 0 Å². The Hall–Kier alpha value is -5.42. The van der Waals surface area contributed by atoms with Crippen LogP contribution < -0.4 is 0 Å². The minimum atomic E-state index is 1.18. The van der Waals surface area contributed by atoms with E-state index in [1.165, 1.54) is 95.3 Å². The summed E-state index contributed by atoms with van der Waals surface area (Å²) in [5.41, 5.74) is 7.39. The molecule has 4 aromatic heterocycles. The normalized spacial score (nSPS) is 12.3. The van der Waals surface area contributed by atoms with Crippen molar-refractivity contribution in [3.63, 3.8) is 0 Å². The van der Waals surface area contributed by atoms with Crippen LogP contribution in [0.3, 0.4) is 0 Å². The number of fused-ring (bicyclic) bond motifs is 15. The summed E-state index contributed by atoms with van der Waals surface area (Å²) in [6, 6.07) is 53.6. The fourth-order valence-corrected chi connectivity index (χ4v) is 10.2. The number of nitrogens with zero attached hydrogens (tertiary/aromatic N) is 2. The molecule has 0 aliphatic rings. The predicted octanol–water partition coefficient (Wildman–Crippen LogP) is 12.6. The second kappa shape index (κ2) is 9.07.